The molecule has 2 aromatic carbocycles. The van der Waals surface area contributed by atoms with Crippen LogP contribution in [-0.2, 0) is 23.8 Å². The number of hydrogen-bond donors (Lipinski definition) is 3. The largest absolute Gasteiger partial charge is 0.507 e. The number of nitrogens with one attached hydrogen (secondary N) is 1. The van der Waals surface area contributed by atoms with Gasteiger partial charge in [0.2, 0.25) is 12.7 Å². The lowest BCUT2D eigenvalue weighted by molar-refractivity contribution is -0.127. The van der Waals surface area contributed by atoms with Crippen LogP contribution in [0.25, 0.3) is 6.08 Å². The van der Waals surface area contributed by atoms with Crippen LogP contribution < -0.4 is 14.8 Å². The summed E-state index contributed by atoms with van der Waals surface area (Å²) in [6.07, 6.45) is 5.19. The van der Waals surface area contributed by atoms with Crippen LogP contribution in [0.2, 0.25) is 0 Å². The summed E-state index contributed by atoms with van der Waals surface area (Å²) < 4.78 is 26.9. The predicted molar refractivity (Wildman–Crippen MR) is 156 cm³/mol. The number of phenolic OH excluding ortho intramolecular Hbond substituents is 2. The SMILES string of the molecule is COC(CNC(=O)CC(c1ccc2c(c1)OCO2)c1c(O)cc2c(c1O)C(=O)O[C@@H](C)CCCC(=O)CCCC=C2)OC. The second-order valence-electron chi connectivity index (χ2n) is 10.6. The standard InChI is InChI=1S/C32H39NO10/c1-19-8-7-11-22(34)10-6-4-5-9-21-14-24(35)30(31(37)29(21)32(38)43-19)23(16-27(36)33-17-28(39-2)40-3)20-12-13-25-26(15-20)42-18-41-25/h5,9,12-15,19,23,28,35,37H,4,6-8,10-11,16-18H2,1-3H3,(H,33,36)/t19-,23?/m0/s1. The number of carbonyl (C=O) groups excluding carboxylic acids is 3. The van der Waals surface area contributed by atoms with E-state index in [0.29, 0.717) is 55.6 Å². The number of carbonyl (C=O) groups is 3. The van der Waals surface area contributed by atoms with Gasteiger partial charge in [0, 0.05) is 45.0 Å². The Labute approximate surface area is 250 Å². The molecule has 11 nitrogen and oxygen atoms in total. The highest BCUT2D eigenvalue weighted by Gasteiger charge is 2.32. The second kappa shape index (κ2) is 14.9. The van der Waals surface area contributed by atoms with Crippen molar-refractivity contribution in [2.24, 2.45) is 0 Å². The van der Waals surface area contributed by atoms with Crippen LogP contribution >= 0.6 is 0 Å². The maximum atomic E-state index is 13.5. The smallest absolute Gasteiger partial charge is 0.342 e. The van der Waals surface area contributed by atoms with Crippen LogP contribution in [0.5, 0.6) is 23.0 Å². The lowest BCUT2D eigenvalue weighted by Gasteiger charge is -2.23. The summed E-state index contributed by atoms with van der Waals surface area (Å²) in [6, 6.07) is 6.46. The zero-order valence-electron chi connectivity index (χ0n) is 24.7. The fourth-order valence-electron chi connectivity index (χ4n) is 5.25. The first-order valence-electron chi connectivity index (χ1n) is 14.4. The van der Waals surface area contributed by atoms with Crippen molar-refractivity contribution >= 4 is 23.7 Å². The Morgan fingerprint density at radius 3 is 2.58 bits per heavy atom. The number of aromatic hydroxyl groups is 2. The number of allylic oxidation sites excluding steroid dienone is 1. The molecule has 2 aliphatic rings. The average Bonchev–Trinajstić information content (AvgIpc) is 3.44. The summed E-state index contributed by atoms with van der Waals surface area (Å²) >= 11 is 0. The third-order valence-electron chi connectivity index (χ3n) is 7.58. The Morgan fingerprint density at radius 1 is 1.07 bits per heavy atom. The van der Waals surface area contributed by atoms with Crippen molar-refractivity contribution in [3.63, 3.8) is 0 Å². The van der Waals surface area contributed by atoms with E-state index in [1.807, 2.05) is 0 Å². The predicted octanol–water partition coefficient (Wildman–Crippen LogP) is 4.57. The molecule has 1 amide bonds. The minimum absolute atomic E-state index is 0.00693. The molecule has 0 saturated heterocycles. The molecule has 0 saturated carbocycles. The monoisotopic (exact) mass is 597 g/mol. The van der Waals surface area contributed by atoms with Crippen molar-refractivity contribution in [1.82, 2.24) is 5.32 Å². The third kappa shape index (κ3) is 8.05. The van der Waals surface area contributed by atoms with E-state index in [4.69, 9.17) is 23.7 Å². The number of amides is 1. The quantitative estimate of drug-likeness (QED) is 0.292. The Balaban J connectivity index is 1.77. The van der Waals surface area contributed by atoms with Crippen LogP contribution in [0.1, 0.15) is 84.8 Å². The number of methoxy groups -OCH3 is 2. The molecule has 0 aromatic heterocycles. The molecule has 2 aromatic rings. The minimum Gasteiger partial charge on any atom is -0.507 e. The Kier molecular flexibility index (Phi) is 11.0. The zero-order chi connectivity index (χ0) is 30.9. The number of rotatable bonds is 8. The molecule has 11 heteroatoms. The van der Waals surface area contributed by atoms with E-state index in [2.05, 4.69) is 5.32 Å². The molecule has 2 heterocycles. The molecular formula is C32H39NO10. The normalized spacial score (nSPS) is 18.1. The van der Waals surface area contributed by atoms with Crippen molar-refractivity contribution in [2.75, 3.05) is 27.6 Å². The molecule has 4 rings (SSSR count). The molecule has 1 unspecified atom stereocenters. The van der Waals surface area contributed by atoms with Crippen LogP contribution in [-0.4, -0.2) is 67.8 Å². The summed E-state index contributed by atoms with van der Waals surface area (Å²) in [4.78, 5) is 38.8. The molecule has 3 N–H and O–H groups in total. The topological polar surface area (TPSA) is 150 Å². The molecule has 232 valence electrons. The van der Waals surface area contributed by atoms with Gasteiger partial charge < -0.3 is 39.2 Å². The van der Waals surface area contributed by atoms with Gasteiger partial charge in [-0.15, -0.1) is 0 Å². The highest BCUT2D eigenvalue weighted by Crippen LogP contribution is 2.46. The number of hydrogen-bond acceptors (Lipinski definition) is 10. The summed E-state index contributed by atoms with van der Waals surface area (Å²) in [5, 5.41) is 25.7. The number of ether oxygens (including phenoxy) is 5. The number of phenols is 2. The van der Waals surface area contributed by atoms with Crippen molar-refractivity contribution in [3.8, 4) is 23.0 Å². The van der Waals surface area contributed by atoms with Gasteiger partial charge in [0.25, 0.3) is 0 Å². The minimum atomic E-state index is -0.892. The number of esters is 1. The number of fused-ring (bicyclic) bond motifs is 2. The van der Waals surface area contributed by atoms with E-state index >= 15 is 0 Å². The van der Waals surface area contributed by atoms with Gasteiger partial charge in [-0.05, 0) is 61.9 Å². The van der Waals surface area contributed by atoms with Crippen molar-refractivity contribution < 1.29 is 48.3 Å². The highest BCUT2D eigenvalue weighted by molar-refractivity contribution is 5.98. The molecule has 0 radical (unpaired) electrons. The molecule has 0 bridgehead atoms. The molecule has 43 heavy (non-hydrogen) atoms. The molecule has 2 aliphatic heterocycles. The van der Waals surface area contributed by atoms with Gasteiger partial charge in [0.05, 0.1) is 12.6 Å². The van der Waals surface area contributed by atoms with Crippen molar-refractivity contribution in [3.05, 3.63) is 52.6 Å². The first-order chi connectivity index (χ1) is 20.7. The zero-order valence-corrected chi connectivity index (χ0v) is 24.7. The van der Waals surface area contributed by atoms with Crippen molar-refractivity contribution in [2.45, 2.75) is 70.2 Å². The number of cyclic esters (lactones) is 1. The third-order valence-corrected chi connectivity index (χ3v) is 7.58. The molecule has 0 aliphatic carbocycles. The summed E-state index contributed by atoms with van der Waals surface area (Å²) in [6.45, 7) is 1.84. The van der Waals surface area contributed by atoms with E-state index in [0.717, 1.165) is 0 Å². The Morgan fingerprint density at radius 2 is 1.81 bits per heavy atom. The lowest BCUT2D eigenvalue weighted by Crippen LogP contribution is -2.34. The fourth-order valence-corrected chi connectivity index (χ4v) is 5.25. The first kappa shape index (κ1) is 31.8. The van der Waals surface area contributed by atoms with Crippen LogP contribution in [0.4, 0.5) is 0 Å². The van der Waals surface area contributed by atoms with Gasteiger partial charge in [-0.2, -0.15) is 0 Å². The van der Waals surface area contributed by atoms with Crippen LogP contribution in [0, 0.1) is 0 Å². The first-order valence-corrected chi connectivity index (χ1v) is 14.4. The van der Waals surface area contributed by atoms with Crippen LogP contribution in [0.15, 0.2) is 30.3 Å². The van der Waals surface area contributed by atoms with Gasteiger partial charge in [-0.1, -0.05) is 18.2 Å². The second-order valence-corrected chi connectivity index (χ2v) is 10.6. The van der Waals surface area contributed by atoms with Gasteiger partial charge in [0.1, 0.15) is 22.8 Å². The highest BCUT2D eigenvalue weighted by atomic mass is 16.7. The summed E-state index contributed by atoms with van der Waals surface area (Å²) in [7, 11) is 2.91. The van der Waals surface area contributed by atoms with Gasteiger partial charge in [-0.25, -0.2) is 4.79 Å². The van der Waals surface area contributed by atoms with Gasteiger partial charge >= 0.3 is 5.97 Å². The average molecular weight is 598 g/mol. The van der Waals surface area contributed by atoms with E-state index in [1.165, 1.54) is 20.3 Å². The Hall–Kier alpha value is -4.09. The summed E-state index contributed by atoms with van der Waals surface area (Å²) in [5.74, 6) is -1.72. The number of benzene rings is 2. The molecule has 0 spiro atoms. The van der Waals surface area contributed by atoms with E-state index < -0.39 is 35.9 Å². The molecule has 0 fully saturated rings. The van der Waals surface area contributed by atoms with Crippen LogP contribution in [0.3, 0.4) is 0 Å². The van der Waals surface area contributed by atoms with E-state index in [-0.39, 0.29) is 48.0 Å². The number of Topliss-reactive ketones (excluding diaryl/α,β-unsaturated/α-hetero) is 1. The molecule has 2 atom stereocenters. The summed E-state index contributed by atoms with van der Waals surface area (Å²) in [5.41, 5.74) is 0.681. The molecular weight excluding hydrogens is 558 g/mol. The number of ketones is 1. The van der Waals surface area contributed by atoms with Crippen molar-refractivity contribution in [1.29, 1.82) is 0 Å². The lowest BCUT2D eigenvalue weighted by atomic mass is 9.84. The maximum Gasteiger partial charge on any atom is 0.342 e. The van der Waals surface area contributed by atoms with Gasteiger partial charge in [0.15, 0.2) is 17.8 Å². The van der Waals surface area contributed by atoms with E-state index in [9.17, 15) is 24.6 Å². The van der Waals surface area contributed by atoms with Gasteiger partial charge in [-0.3, -0.25) is 9.59 Å². The Bertz CT molecular complexity index is 1350. The maximum absolute atomic E-state index is 13.5. The van der Waals surface area contributed by atoms with E-state index in [1.54, 1.807) is 37.3 Å². The fraction of sp³-hybridized carbons (Fsp3) is 0.469.